The van der Waals surface area contributed by atoms with Crippen LogP contribution in [0.3, 0.4) is 0 Å². The molecule has 1 aliphatic carbocycles. The lowest BCUT2D eigenvalue weighted by atomic mass is 10.1. The highest BCUT2D eigenvalue weighted by Gasteiger charge is 2.31. The van der Waals surface area contributed by atoms with E-state index in [2.05, 4.69) is 28.6 Å². The zero-order valence-electron chi connectivity index (χ0n) is 12.7. The van der Waals surface area contributed by atoms with Crippen molar-refractivity contribution < 1.29 is 9.90 Å². The number of urea groups is 1. The van der Waals surface area contributed by atoms with Gasteiger partial charge in [-0.2, -0.15) is 0 Å². The number of carbonyl (C=O) groups excluding carboxylic acids is 1. The van der Waals surface area contributed by atoms with E-state index in [1.807, 2.05) is 12.1 Å². The third-order valence-corrected chi connectivity index (χ3v) is 4.16. The van der Waals surface area contributed by atoms with E-state index in [-0.39, 0.29) is 12.6 Å². The van der Waals surface area contributed by atoms with E-state index in [4.69, 9.17) is 5.11 Å². The van der Waals surface area contributed by atoms with Crippen molar-refractivity contribution in [1.82, 2.24) is 15.2 Å². The van der Waals surface area contributed by atoms with Crippen LogP contribution in [0.15, 0.2) is 30.5 Å². The van der Waals surface area contributed by atoms with E-state index < -0.39 is 0 Å². The molecule has 118 valence electrons. The molecule has 0 aliphatic heterocycles. The number of aryl methyl sites for hydroxylation is 1. The number of hydrogen-bond donors (Lipinski definition) is 3. The van der Waals surface area contributed by atoms with Crippen molar-refractivity contribution in [3.05, 3.63) is 36.0 Å². The molecule has 0 spiro atoms. The van der Waals surface area contributed by atoms with Crippen molar-refractivity contribution in [3.63, 3.8) is 0 Å². The largest absolute Gasteiger partial charge is 0.395 e. The first-order chi connectivity index (χ1) is 10.8. The lowest BCUT2D eigenvalue weighted by molar-refractivity contribution is 0.173. The summed E-state index contributed by atoms with van der Waals surface area (Å²) in [6, 6.07) is 8.55. The first kappa shape index (κ1) is 14.9. The maximum absolute atomic E-state index is 12.1. The molecule has 0 radical (unpaired) electrons. The molecule has 2 aromatic rings. The monoisotopic (exact) mass is 301 g/mol. The van der Waals surface area contributed by atoms with Crippen molar-refractivity contribution in [3.8, 4) is 0 Å². The second kappa shape index (κ2) is 6.83. The second-order valence-corrected chi connectivity index (χ2v) is 5.84. The normalized spacial score (nSPS) is 14.2. The van der Waals surface area contributed by atoms with Crippen LogP contribution in [0.2, 0.25) is 0 Å². The number of amides is 2. The summed E-state index contributed by atoms with van der Waals surface area (Å²) in [5, 5.41) is 13.3. The molecular weight excluding hydrogens is 278 g/mol. The quantitative estimate of drug-likeness (QED) is 0.687. The highest BCUT2D eigenvalue weighted by molar-refractivity contribution is 5.83. The van der Waals surface area contributed by atoms with Crippen molar-refractivity contribution in [2.24, 2.45) is 0 Å². The lowest BCUT2D eigenvalue weighted by Gasteiger charge is -2.21. The van der Waals surface area contributed by atoms with Crippen LogP contribution in [0, 0.1) is 0 Å². The molecule has 5 nitrogen and oxygen atoms in total. The van der Waals surface area contributed by atoms with Crippen LogP contribution < -0.4 is 5.32 Å². The Labute approximate surface area is 130 Å². The molecule has 5 heteroatoms. The molecule has 22 heavy (non-hydrogen) atoms. The smallest absolute Gasteiger partial charge is 0.317 e. The van der Waals surface area contributed by atoms with Gasteiger partial charge in [0, 0.05) is 36.2 Å². The van der Waals surface area contributed by atoms with Gasteiger partial charge >= 0.3 is 6.03 Å². The third-order valence-electron chi connectivity index (χ3n) is 4.16. The maximum atomic E-state index is 12.1. The Morgan fingerprint density at radius 2 is 2.18 bits per heavy atom. The standard InChI is InChI=1S/C17H23N3O2/c21-11-10-20(14-7-8-14)17(22)18-9-3-4-13-12-19-16-6-2-1-5-15(13)16/h1-2,5-6,12,14,19,21H,3-4,7-11H2,(H,18,22). The van der Waals surface area contributed by atoms with E-state index in [0.717, 1.165) is 31.2 Å². The van der Waals surface area contributed by atoms with Crippen LogP contribution in [0.4, 0.5) is 4.79 Å². The van der Waals surface area contributed by atoms with Crippen molar-refractivity contribution in [1.29, 1.82) is 0 Å². The molecule has 3 N–H and O–H groups in total. The number of aliphatic hydroxyl groups is 1. The van der Waals surface area contributed by atoms with Gasteiger partial charge in [-0.3, -0.25) is 0 Å². The number of para-hydroxylation sites is 1. The zero-order chi connectivity index (χ0) is 15.4. The summed E-state index contributed by atoms with van der Waals surface area (Å²) in [7, 11) is 0. The van der Waals surface area contributed by atoms with E-state index in [1.54, 1.807) is 4.90 Å². The highest BCUT2D eigenvalue weighted by atomic mass is 16.3. The minimum Gasteiger partial charge on any atom is -0.395 e. The predicted molar refractivity (Wildman–Crippen MR) is 86.8 cm³/mol. The summed E-state index contributed by atoms with van der Waals surface area (Å²) in [6.07, 6.45) is 6.01. The first-order valence-corrected chi connectivity index (χ1v) is 8.00. The van der Waals surface area contributed by atoms with Crippen molar-refractivity contribution >= 4 is 16.9 Å². The van der Waals surface area contributed by atoms with Gasteiger partial charge in [0.1, 0.15) is 0 Å². The van der Waals surface area contributed by atoms with Crippen molar-refractivity contribution in [2.75, 3.05) is 19.7 Å². The third kappa shape index (κ3) is 3.42. The molecule has 2 amide bonds. The van der Waals surface area contributed by atoms with Crippen molar-refractivity contribution in [2.45, 2.75) is 31.7 Å². The number of H-pyrrole nitrogens is 1. The molecule has 3 rings (SSSR count). The number of aromatic nitrogens is 1. The SMILES string of the molecule is O=C(NCCCc1c[nH]c2ccccc12)N(CCO)C1CC1. The lowest BCUT2D eigenvalue weighted by Crippen LogP contribution is -2.43. The fourth-order valence-electron chi connectivity index (χ4n) is 2.86. The summed E-state index contributed by atoms with van der Waals surface area (Å²) in [6.45, 7) is 1.12. The number of aliphatic hydroxyl groups excluding tert-OH is 1. The van der Waals surface area contributed by atoms with Crippen LogP contribution in [0.25, 0.3) is 10.9 Å². The Kier molecular flexibility index (Phi) is 4.63. The molecule has 0 atom stereocenters. The fraction of sp³-hybridized carbons (Fsp3) is 0.471. The summed E-state index contributed by atoms with van der Waals surface area (Å²) in [4.78, 5) is 17.1. The van der Waals surface area contributed by atoms with Gasteiger partial charge in [-0.15, -0.1) is 0 Å². The molecule has 0 bridgehead atoms. The van der Waals surface area contributed by atoms with Crippen LogP contribution in [0.1, 0.15) is 24.8 Å². The van der Waals surface area contributed by atoms with Gasteiger partial charge in [0.15, 0.2) is 0 Å². The Morgan fingerprint density at radius 3 is 2.95 bits per heavy atom. The number of nitrogens with one attached hydrogen (secondary N) is 2. The van der Waals surface area contributed by atoms with Gasteiger partial charge in [-0.05, 0) is 37.3 Å². The second-order valence-electron chi connectivity index (χ2n) is 5.84. The molecule has 1 heterocycles. The first-order valence-electron chi connectivity index (χ1n) is 8.00. The predicted octanol–water partition coefficient (Wildman–Crippen LogP) is 2.27. The van der Waals surface area contributed by atoms with Gasteiger partial charge in [-0.1, -0.05) is 18.2 Å². The number of fused-ring (bicyclic) bond motifs is 1. The topological polar surface area (TPSA) is 68.4 Å². The molecule has 1 saturated carbocycles. The molecule has 1 fully saturated rings. The Morgan fingerprint density at radius 1 is 1.36 bits per heavy atom. The summed E-state index contributed by atoms with van der Waals surface area (Å²) in [5.41, 5.74) is 2.45. The fourth-order valence-corrected chi connectivity index (χ4v) is 2.86. The van der Waals surface area contributed by atoms with E-state index in [1.165, 1.54) is 10.9 Å². The number of carbonyl (C=O) groups is 1. The Balaban J connectivity index is 1.46. The van der Waals surface area contributed by atoms with E-state index in [0.29, 0.717) is 19.1 Å². The molecule has 1 aliphatic rings. The average Bonchev–Trinajstić information content (AvgIpc) is 3.29. The van der Waals surface area contributed by atoms with Crippen LogP contribution >= 0.6 is 0 Å². The molecular formula is C17H23N3O2. The van der Waals surface area contributed by atoms with Gasteiger partial charge in [0.25, 0.3) is 0 Å². The molecule has 1 aromatic carbocycles. The zero-order valence-corrected chi connectivity index (χ0v) is 12.7. The van der Waals surface area contributed by atoms with Gasteiger partial charge in [0.2, 0.25) is 0 Å². The number of hydrogen-bond acceptors (Lipinski definition) is 2. The highest BCUT2D eigenvalue weighted by Crippen LogP contribution is 2.26. The minimum absolute atomic E-state index is 0.0270. The van der Waals surface area contributed by atoms with E-state index in [9.17, 15) is 4.79 Å². The van der Waals surface area contributed by atoms with Crippen LogP contribution in [0.5, 0.6) is 0 Å². The molecule has 1 aromatic heterocycles. The van der Waals surface area contributed by atoms with Gasteiger partial charge in [0.05, 0.1) is 6.61 Å². The Bertz CT molecular complexity index is 634. The van der Waals surface area contributed by atoms with Gasteiger partial charge < -0.3 is 20.3 Å². The van der Waals surface area contributed by atoms with Gasteiger partial charge in [-0.25, -0.2) is 4.79 Å². The number of nitrogens with zero attached hydrogens (tertiary/aromatic N) is 1. The maximum Gasteiger partial charge on any atom is 0.317 e. The Hall–Kier alpha value is -2.01. The summed E-state index contributed by atoms with van der Waals surface area (Å²) in [5.74, 6) is 0. The summed E-state index contributed by atoms with van der Waals surface area (Å²) < 4.78 is 0. The average molecular weight is 301 g/mol. The molecule has 0 saturated heterocycles. The molecule has 0 unspecified atom stereocenters. The van der Waals surface area contributed by atoms with Crippen LogP contribution in [-0.4, -0.2) is 46.8 Å². The summed E-state index contributed by atoms with van der Waals surface area (Å²) >= 11 is 0. The van der Waals surface area contributed by atoms with Crippen LogP contribution in [-0.2, 0) is 6.42 Å². The number of aromatic amines is 1. The van der Waals surface area contributed by atoms with E-state index >= 15 is 0 Å². The number of benzene rings is 1. The number of rotatable bonds is 7. The minimum atomic E-state index is -0.0459.